The molecule has 0 amide bonds. The fourth-order valence-electron chi connectivity index (χ4n) is 2.62. The first kappa shape index (κ1) is 11.3. The molecule has 2 aromatic rings. The SMILES string of the molecule is Cn1cc(CN2CCCC2c2cnccn2)cn1. The van der Waals surface area contributed by atoms with Crippen molar-refractivity contribution in [2.45, 2.75) is 25.4 Å². The molecule has 3 heterocycles. The van der Waals surface area contributed by atoms with Crippen LogP contribution in [0.15, 0.2) is 31.0 Å². The molecule has 0 spiro atoms. The predicted octanol–water partition coefficient (Wildman–Crippen LogP) is 1.55. The van der Waals surface area contributed by atoms with Crippen LogP contribution < -0.4 is 0 Å². The van der Waals surface area contributed by atoms with Crippen LogP contribution in [0.5, 0.6) is 0 Å². The lowest BCUT2D eigenvalue weighted by Gasteiger charge is -2.22. The molecule has 5 nitrogen and oxygen atoms in total. The molecule has 1 atom stereocenters. The fraction of sp³-hybridized carbons (Fsp3) is 0.462. The van der Waals surface area contributed by atoms with E-state index >= 15 is 0 Å². The lowest BCUT2D eigenvalue weighted by atomic mass is 10.1. The second kappa shape index (κ2) is 4.86. The Bertz CT molecular complexity index is 507. The van der Waals surface area contributed by atoms with Crippen molar-refractivity contribution in [3.8, 4) is 0 Å². The van der Waals surface area contributed by atoms with E-state index in [1.165, 1.54) is 18.4 Å². The second-order valence-corrected chi connectivity index (χ2v) is 4.78. The molecule has 1 saturated heterocycles. The average molecular weight is 243 g/mol. The molecular weight excluding hydrogens is 226 g/mol. The second-order valence-electron chi connectivity index (χ2n) is 4.78. The van der Waals surface area contributed by atoms with Gasteiger partial charge in [-0.1, -0.05) is 0 Å². The first-order chi connectivity index (χ1) is 8.83. The van der Waals surface area contributed by atoms with Crippen molar-refractivity contribution in [1.29, 1.82) is 0 Å². The summed E-state index contributed by atoms with van der Waals surface area (Å²) in [6.45, 7) is 2.06. The quantitative estimate of drug-likeness (QED) is 0.820. The van der Waals surface area contributed by atoms with Crippen LogP contribution in [0.3, 0.4) is 0 Å². The summed E-state index contributed by atoms with van der Waals surface area (Å²) >= 11 is 0. The van der Waals surface area contributed by atoms with Gasteiger partial charge in [0.1, 0.15) is 0 Å². The number of hydrogen-bond acceptors (Lipinski definition) is 4. The van der Waals surface area contributed by atoms with E-state index in [9.17, 15) is 0 Å². The zero-order valence-corrected chi connectivity index (χ0v) is 10.5. The normalized spacial score (nSPS) is 20.4. The molecule has 0 N–H and O–H groups in total. The van der Waals surface area contributed by atoms with E-state index in [2.05, 4.69) is 26.2 Å². The molecule has 1 unspecified atom stereocenters. The molecule has 0 radical (unpaired) electrons. The number of rotatable bonds is 3. The van der Waals surface area contributed by atoms with Crippen molar-refractivity contribution in [2.24, 2.45) is 7.05 Å². The highest BCUT2D eigenvalue weighted by Crippen LogP contribution is 2.31. The minimum absolute atomic E-state index is 0.402. The van der Waals surface area contributed by atoms with Gasteiger partial charge in [0.2, 0.25) is 0 Å². The van der Waals surface area contributed by atoms with E-state index in [1.807, 2.05) is 24.1 Å². The lowest BCUT2D eigenvalue weighted by molar-refractivity contribution is 0.244. The van der Waals surface area contributed by atoms with Gasteiger partial charge in [0.05, 0.1) is 17.9 Å². The first-order valence-corrected chi connectivity index (χ1v) is 6.30. The van der Waals surface area contributed by atoms with Crippen LogP contribution in [0.4, 0.5) is 0 Å². The summed E-state index contributed by atoms with van der Waals surface area (Å²) in [6.07, 6.45) is 11.8. The third-order valence-electron chi connectivity index (χ3n) is 3.43. The van der Waals surface area contributed by atoms with Gasteiger partial charge in [-0.2, -0.15) is 5.10 Å². The molecule has 1 aliphatic heterocycles. The lowest BCUT2D eigenvalue weighted by Crippen LogP contribution is -2.23. The van der Waals surface area contributed by atoms with Crippen LogP contribution in [0.25, 0.3) is 0 Å². The molecular formula is C13H17N5. The Morgan fingerprint density at radius 2 is 2.28 bits per heavy atom. The monoisotopic (exact) mass is 243 g/mol. The highest BCUT2D eigenvalue weighted by molar-refractivity contribution is 5.09. The number of aryl methyl sites for hydroxylation is 1. The Morgan fingerprint density at radius 1 is 1.33 bits per heavy atom. The van der Waals surface area contributed by atoms with Crippen LogP contribution in [0.2, 0.25) is 0 Å². The van der Waals surface area contributed by atoms with Crippen LogP contribution in [0.1, 0.15) is 30.1 Å². The molecule has 2 aromatic heterocycles. The van der Waals surface area contributed by atoms with E-state index < -0.39 is 0 Å². The largest absolute Gasteiger partial charge is 0.290 e. The Hall–Kier alpha value is -1.75. The van der Waals surface area contributed by atoms with Crippen LogP contribution in [-0.2, 0) is 13.6 Å². The van der Waals surface area contributed by atoms with Gasteiger partial charge in [0.25, 0.3) is 0 Å². The third-order valence-corrected chi connectivity index (χ3v) is 3.43. The minimum Gasteiger partial charge on any atom is -0.290 e. The summed E-state index contributed by atoms with van der Waals surface area (Å²) in [6, 6.07) is 0.402. The zero-order valence-electron chi connectivity index (χ0n) is 10.5. The molecule has 1 fully saturated rings. The smallest absolute Gasteiger partial charge is 0.0758 e. The molecule has 5 heteroatoms. The molecule has 94 valence electrons. The van der Waals surface area contributed by atoms with Crippen molar-refractivity contribution >= 4 is 0 Å². The molecule has 3 rings (SSSR count). The van der Waals surface area contributed by atoms with Crippen molar-refractivity contribution in [2.75, 3.05) is 6.54 Å². The van der Waals surface area contributed by atoms with Crippen molar-refractivity contribution in [3.63, 3.8) is 0 Å². The standard InChI is InChI=1S/C13H17N5/c1-17-9-11(7-16-17)10-18-6-2-3-13(18)12-8-14-4-5-15-12/h4-5,7-9,13H,2-3,6,10H2,1H3. The topological polar surface area (TPSA) is 46.8 Å². The number of nitrogens with zero attached hydrogens (tertiary/aromatic N) is 5. The Morgan fingerprint density at radius 3 is 3.00 bits per heavy atom. The third kappa shape index (κ3) is 2.26. The summed E-state index contributed by atoms with van der Waals surface area (Å²) in [5, 5.41) is 4.22. The summed E-state index contributed by atoms with van der Waals surface area (Å²) < 4.78 is 1.85. The fourth-order valence-corrected chi connectivity index (χ4v) is 2.62. The van der Waals surface area contributed by atoms with Gasteiger partial charge < -0.3 is 0 Å². The van der Waals surface area contributed by atoms with Crippen molar-refractivity contribution in [1.82, 2.24) is 24.6 Å². The molecule has 1 aliphatic rings. The highest BCUT2D eigenvalue weighted by Gasteiger charge is 2.27. The van der Waals surface area contributed by atoms with Crippen LogP contribution in [-0.4, -0.2) is 31.2 Å². The molecule has 18 heavy (non-hydrogen) atoms. The van der Waals surface area contributed by atoms with Crippen LogP contribution >= 0.6 is 0 Å². The van der Waals surface area contributed by atoms with Gasteiger partial charge in [-0.15, -0.1) is 0 Å². The number of aromatic nitrogens is 4. The average Bonchev–Trinajstić information content (AvgIpc) is 3.00. The van der Waals surface area contributed by atoms with E-state index in [-0.39, 0.29) is 0 Å². The van der Waals surface area contributed by atoms with Gasteiger partial charge in [-0.25, -0.2) is 0 Å². The minimum atomic E-state index is 0.402. The highest BCUT2D eigenvalue weighted by atomic mass is 15.2. The van der Waals surface area contributed by atoms with E-state index in [4.69, 9.17) is 0 Å². The Balaban J connectivity index is 1.75. The number of hydrogen-bond donors (Lipinski definition) is 0. The van der Waals surface area contributed by atoms with Gasteiger partial charge in [0, 0.05) is 43.9 Å². The summed E-state index contributed by atoms with van der Waals surface area (Å²) in [5.74, 6) is 0. The van der Waals surface area contributed by atoms with E-state index in [1.54, 1.807) is 12.4 Å². The molecule has 0 bridgehead atoms. The molecule has 0 aliphatic carbocycles. The van der Waals surface area contributed by atoms with Crippen molar-refractivity contribution < 1.29 is 0 Å². The van der Waals surface area contributed by atoms with Gasteiger partial charge in [-0.05, 0) is 19.4 Å². The summed E-state index contributed by atoms with van der Waals surface area (Å²) in [5.41, 5.74) is 2.34. The van der Waals surface area contributed by atoms with Crippen LogP contribution in [0, 0.1) is 0 Å². The summed E-state index contributed by atoms with van der Waals surface area (Å²) in [7, 11) is 1.95. The van der Waals surface area contributed by atoms with Gasteiger partial charge in [0.15, 0.2) is 0 Å². The maximum Gasteiger partial charge on any atom is 0.0758 e. The molecule has 0 saturated carbocycles. The zero-order chi connectivity index (χ0) is 12.4. The van der Waals surface area contributed by atoms with E-state index in [0.717, 1.165) is 18.8 Å². The van der Waals surface area contributed by atoms with Gasteiger partial charge in [-0.3, -0.25) is 19.5 Å². The summed E-state index contributed by atoms with van der Waals surface area (Å²) in [4.78, 5) is 11.1. The molecule has 0 aromatic carbocycles. The Labute approximate surface area is 106 Å². The van der Waals surface area contributed by atoms with Crippen molar-refractivity contribution in [3.05, 3.63) is 42.2 Å². The predicted molar refractivity (Wildman–Crippen MR) is 67.6 cm³/mol. The Kier molecular flexibility index (Phi) is 3.06. The number of likely N-dealkylation sites (tertiary alicyclic amines) is 1. The van der Waals surface area contributed by atoms with Gasteiger partial charge >= 0.3 is 0 Å². The maximum atomic E-state index is 4.43. The first-order valence-electron chi connectivity index (χ1n) is 6.30. The van der Waals surface area contributed by atoms with E-state index in [0.29, 0.717) is 6.04 Å². The maximum absolute atomic E-state index is 4.43.